The highest BCUT2D eigenvalue weighted by Crippen LogP contribution is 2.21. The molecule has 0 amide bonds. The molecule has 0 saturated heterocycles. The summed E-state index contributed by atoms with van der Waals surface area (Å²) >= 11 is 0. The molecule has 1 rings (SSSR count). The van der Waals surface area contributed by atoms with Crippen LogP contribution < -0.4 is 9.47 Å². The third-order valence-corrected chi connectivity index (χ3v) is 1.84. The molecular formula is C11H13NO5. The number of hydrogen-bond acceptors (Lipinski definition) is 5. The van der Waals surface area contributed by atoms with Crippen molar-refractivity contribution in [2.45, 2.75) is 0 Å². The standard InChI is InChI=1S/C11H13NO5/c1-15-9-3-8(4-10(5-9)16-2)6-12-17-7-11(13)14/h3-6H,7H2,1-2H3,(H,13,14). The largest absolute Gasteiger partial charge is 0.497 e. The number of carboxylic acid groups (broad SMARTS) is 1. The van der Waals surface area contributed by atoms with Gasteiger partial charge in [-0.25, -0.2) is 4.79 Å². The van der Waals surface area contributed by atoms with Crippen molar-refractivity contribution in [2.75, 3.05) is 20.8 Å². The quantitative estimate of drug-likeness (QED) is 0.595. The fourth-order valence-electron chi connectivity index (χ4n) is 1.09. The summed E-state index contributed by atoms with van der Waals surface area (Å²) in [5, 5.41) is 11.9. The number of benzene rings is 1. The van der Waals surface area contributed by atoms with Gasteiger partial charge < -0.3 is 19.4 Å². The lowest BCUT2D eigenvalue weighted by Gasteiger charge is -2.05. The molecule has 1 aromatic carbocycles. The molecule has 0 bridgehead atoms. The Balaban J connectivity index is 2.72. The Kier molecular flexibility index (Phi) is 4.80. The number of nitrogens with zero attached hydrogens (tertiary/aromatic N) is 1. The van der Waals surface area contributed by atoms with Crippen molar-refractivity contribution >= 4 is 12.2 Å². The second-order valence-corrected chi connectivity index (χ2v) is 3.05. The summed E-state index contributed by atoms with van der Waals surface area (Å²) in [5.74, 6) is 0.151. The summed E-state index contributed by atoms with van der Waals surface area (Å²) in [6.07, 6.45) is 1.38. The van der Waals surface area contributed by atoms with Crippen molar-refractivity contribution in [3.05, 3.63) is 23.8 Å². The van der Waals surface area contributed by atoms with Crippen LogP contribution in [0.3, 0.4) is 0 Å². The predicted octanol–water partition coefficient (Wildman–Crippen LogP) is 1.14. The molecule has 0 radical (unpaired) electrons. The maximum absolute atomic E-state index is 10.2. The lowest BCUT2D eigenvalue weighted by molar-refractivity contribution is -0.142. The average Bonchev–Trinajstić information content (AvgIpc) is 2.34. The number of methoxy groups -OCH3 is 2. The van der Waals surface area contributed by atoms with Gasteiger partial charge in [0.15, 0.2) is 0 Å². The van der Waals surface area contributed by atoms with E-state index >= 15 is 0 Å². The molecule has 0 aromatic heterocycles. The molecule has 0 saturated carbocycles. The summed E-state index contributed by atoms with van der Waals surface area (Å²) in [7, 11) is 3.08. The summed E-state index contributed by atoms with van der Waals surface area (Å²) in [4.78, 5) is 14.7. The van der Waals surface area contributed by atoms with Crippen LogP contribution in [0.5, 0.6) is 11.5 Å². The zero-order valence-corrected chi connectivity index (χ0v) is 9.54. The molecule has 6 nitrogen and oxygen atoms in total. The molecule has 0 spiro atoms. The van der Waals surface area contributed by atoms with Crippen LogP contribution in [-0.2, 0) is 9.63 Å². The van der Waals surface area contributed by atoms with Crippen molar-refractivity contribution in [1.82, 2.24) is 0 Å². The van der Waals surface area contributed by atoms with Crippen molar-refractivity contribution in [3.63, 3.8) is 0 Å². The van der Waals surface area contributed by atoms with Crippen LogP contribution in [0.25, 0.3) is 0 Å². The second kappa shape index (κ2) is 6.37. The van der Waals surface area contributed by atoms with Crippen LogP contribution in [0, 0.1) is 0 Å². The molecule has 0 unspecified atom stereocenters. The van der Waals surface area contributed by atoms with Gasteiger partial charge in [0.1, 0.15) is 11.5 Å². The van der Waals surface area contributed by atoms with Gasteiger partial charge in [-0.15, -0.1) is 0 Å². The third-order valence-electron chi connectivity index (χ3n) is 1.84. The van der Waals surface area contributed by atoms with Crippen LogP contribution in [0.4, 0.5) is 0 Å². The maximum atomic E-state index is 10.2. The van der Waals surface area contributed by atoms with Gasteiger partial charge in [-0.05, 0) is 12.1 Å². The lowest BCUT2D eigenvalue weighted by atomic mass is 10.2. The Morgan fingerprint density at radius 2 is 1.88 bits per heavy atom. The first-order valence-electron chi connectivity index (χ1n) is 4.76. The van der Waals surface area contributed by atoms with E-state index in [2.05, 4.69) is 9.99 Å². The first-order chi connectivity index (χ1) is 8.15. The van der Waals surface area contributed by atoms with Gasteiger partial charge in [0.05, 0.1) is 20.4 Å². The highest BCUT2D eigenvalue weighted by Gasteiger charge is 2.00. The first-order valence-corrected chi connectivity index (χ1v) is 4.76. The van der Waals surface area contributed by atoms with E-state index in [1.807, 2.05) is 0 Å². The van der Waals surface area contributed by atoms with Gasteiger partial charge in [0.25, 0.3) is 0 Å². The first kappa shape index (κ1) is 12.8. The van der Waals surface area contributed by atoms with Crippen LogP contribution in [0.1, 0.15) is 5.56 Å². The van der Waals surface area contributed by atoms with E-state index in [0.29, 0.717) is 17.1 Å². The highest BCUT2D eigenvalue weighted by molar-refractivity contribution is 5.80. The van der Waals surface area contributed by atoms with Gasteiger partial charge in [-0.1, -0.05) is 5.16 Å². The molecule has 1 N–H and O–H groups in total. The van der Waals surface area contributed by atoms with Gasteiger partial charge in [-0.3, -0.25) is 0 Å². The van der Waals surface area contributed by atoms with E-state index in [-0.39, 0.29) is 0 Å². The van der Waals surface area contributed by atoms with E-state index in [9.17, 15) is 4.79 Å². The summed E-state index contributed by atoms with van der Waals surface area (Å²) < 4.78 is 10.1. The Labute approximate surface area is 98.4 Å². The number of carbonyl (C=O) groups is 1. The van der Waals surface area contributed by atoms with E-state index < -0.39 is 12.6 Å². The van der Waals surface area contributed by atoms with Crippen molar-refractivity contribution in [1.29, 1.82) is 0 Å². The van der Waals surface area contributed by atoms with Crippen LogP contribution in [0.2, 0.25) is 0 Å². The predicted molar refractivity (Wildman–Crippen MR) is 60.7 cm³/mol. The zero-order chi connectivity index (χ0) is 12.7. The Morgan fingerprint density at radius 3 is 2.35 bits per heavy atom. The van der Waals surface area contributed by atoms with E-state index in [1.54, 1.807) is 18.2 Å². The van der Waals surface area contributed by atoms with E-state index in [1.165, 1.54) is 20.4 Å². The van der Waals surface area contributed by atoms with E-state index in [4.69, 9.17) is 14.6 Å². The minimum Gasteiger partial charge on any atom is -0.497 e. The third kappa shape index (κ3) is 4.42. The Morgan fingerprint density at radius 1 is 1.29 bits per heavy atom. The van der Waals surface area contributed by atoms with Crippen LogP contribution in [-0.4, -0.2) is 38.1 Å². The van der Waals surface area contributed by atoms with Gasteiger partial charge in [0, 0.05) is 11.6 Å². The molecule has 0 aliphatic carbocycles. The number of oxime groups is 1. The minimum atomic E-state index is -1.08. The average molecular weight is 239 g/mol. The molecule has 92 valence electrons. The number of ether oxygens (including phenoxy) is 2. The second-order valence-electron chi connectivity index (χ2n) is 3.05. The summed E-state index contributed by atoms with van der Waals surface area (Å²) in [5.41, 5.74) is 0.687. The number of rotatable bonds is 6. The maximum Gasteiger partial charge on any atom is 0.344 e. The van der Waals surface area contributed by atoms with Gasteiger partial charge in [-0.2, -0.15) is 0 Å². The van der Waals surface area contributed by atoms with Crippen molar-refractivity contribution < 1.29 is 24.2 Å². The molecule has 0 atom stereocenters. The molecule has 0 aliphatic rings. The smallest absolute Gasteiger partial charge is 0.344 e. The monoisotopic (exact) mass is 239 g/mol. The van der Waals surface area contributed by atoms with Gasteiger partial charge >= 0.3 is 5.97 Å². The Hall–Kier alpha value is -2.24. The molecule has 1 aromatic rings. The minimum absolute atomic E-state index is 0.475. The molecule has 17 heavy (non-hydrogen) atoms. The molecular weight excluding hydrogens is 226 g/mol. The molecule has 0 heterocycles. The summed E-state index contributed by atoms with van der Waals surface area (Å²) in [6, 6.07) is 5.15. The van der Waals surface area contributed by atoms with E-state index in [0.717, 1.165) is 0 Å². The zero-order valence-electron chi connectivity index (χ0n) is 9.54. The fraction of sp³-hybridized carbons (Fsp3) is 0.273. The van der Waals surface area contributed by atoms with Crippen molar-refractivity contribution in [3.8, 4) is 11.5 Å². The fourth-order valence-corrected chi connectivity index (χ4v) is 1.09. The van der Waals surface area contributed by atoms with Crippen molar-refractivity contribution in [2.24, 2.45) is 5.16 Å². The van der Waals surface area contributed by atoms with Crippen LogP contribution >= 0.6 is 0 Å². The normalized spacial score (nSPS) is 10.2. The molecule has 6 heteroatoms. The molecule has 0 fully saturated rings. The van der Waals surface area contributed by atoms with Gasteiger partial charge in [0.2, 0.25) is 6.61 Å². The SMILES string of the molecule is COc1cc(C=NOCC(=O)O)cc(OC)c1. The number of aliphatic carboxylic acids is 1. The summed E-state index contributed by atoms with van der Waals surface area (Å²) in [6.45, 7) is -0.475. The van der Waals surface area contributed by atoms with Crippen LogP contribution in [0.15, 0.2) is 23.4 Å². The lowest BCUT2D eigenvalue weighted by Crippen LogP contribution is -2.03. The highest BCUT2D eigenvalue weighted by atomic mass is 16.6. The number of hydrogen-bond donors (Lipinski definition) is 1. The molecule has 0 aliphatic heterocycles. The topological polar surface area (TPSA) is 77.4 Å². The Bertz CT molecular complexity index is 394. The number of carboxylic acids is 1.